The summed E-state index contributed by atoms with van der Waals surface area (Å²) in [6, 6.07) is 5.58. The van der Waals surface area contributed by atoms with Crippen LogP contribution in [0.5, 0.6) is 0 Å². The number of rotatable bonds is 5. The SMILES string of the molecule is Cc1ccc(CN)cc1NS(=O)(=O)CCC(C)(C)C. The zero-order valence-electron chi connectivity index (χ0n) is 12.2. The number of nitrogens with two attached hydrogens (primary N) is 1. The van der Waals surface area contributed by atoms with Crippen molar-refractivity contribution < 1.29 is 8.42 Å². The number of nitrogens with one attached hydrogen (secondary N) is 1. The van der Waals surface area contributed by atoms with Crippen LogP contribution in [0.15, 0.2) is 18.2 Å². The highest BCUT2D eigenvalue weighted by Gasteiger charge is 2.18. The van der Waals surface area contributed by atoms with E-state index in [-0.39, 0.29) is 11.2 Å². The molecule has 0 spiro atoms. The van der Waals surface area contributed by atoms with Crippen molar-refractivity contribution in [3.05, 3.63) is 29.3 Å². The molecule has 0 saturated carbocycles. The highest BCUT2D eigenvalue weighted by atomic mass is 32.2. The van der Waals surface area contributed by atoms with E-state index in [1.165, 1.54) is 0 Å². The predicted molar refractivity (Wildman–Crippen MR) is 80.6 cm³/mol. The summed E-state index contributed by atoms with van der Waals surface area (Å²) >= 11 is 0. The van der Waals surface area contributed by atoms with Gasteiger partial charge in [0.2, 0.25) is 10.0 Å². The van der Waals surface area contributed by atoms with E-state index in [9.17, 15) is 8.42 Å². The first kappa shape index (κ1) is 16.0. The van der Waals surface area contributed by atoms with Crippen LogP contribution in [0.4, 0.5) is 5.69 Å². The first-order valence-electron chi connectivity index (χ1n) is 6.43. The van der Waals surface area contributed by atoms with Gasteiger partial charge in [0, 0.05) is 6.54 Å². The highest BCUT2D eigenvalue weighted by molar-refractivity contribution is 7.92. The van der Waals surface area contributed by atoms with Crippen LogP contribution in [0.1, 0.15) is 38.3 Å². The van der Waals surface area contributed by atoms with Crippen LogP contribution in [0.25, 0.3) is 0 Å². The van der Waals surface area contributed by atoms with Crippen molar-refractivity contribution in [3.8, 4) is 0 Å². The Hall–Kier alpha value is -1.07. The lowest BCUT2D eigenvalue weighted by atomic mass is 9.94. The standard InChI is InChI=1S/C14H24N2O2S/c1-11-5-6-12(10-15)9-13(11)16-19(17,18)8-7-14(2,3)4/h5-6,9,16H,7-8,10,15H2,1-4H3. The van der Waals surface area contributed by atoms with Crippen LogP contribution >= 0.6 is 0 Å². The number of anilines is 1. The van der Waals surface area contributed by atoms with Gasteiger partial charge in [0.25, 0.3) is 0 Å². The fraction of sp³-hybridized carbons (Fsp3) is 0.571. The van der Waals surface area contributed by atoms with E-state index in [4.69, 9.17) is 5.73 Å². The van der Waals surface area contributed by atoms with Crippen molar-refractivity contribution >= 4 is 15.7 Å². The molecule has 0 atom stereocenters. The average Bonchev–Trinajstić information content (AvgIpc) is 2.29. The first-order valence-corrected chi connectivity index (χ1v) is 8.08. The summed E-state index contributed by atoms with van der Waals surface area (Å²) in [5, 5.41) is 0. The summed E-state index contributed by atoms with van der Waals surface area (Å²) in [6.07, 6.45) is 0.623. The summed E-state index contributed by atoms with van der Waals surface area (Å²) in [5.74, 6) is 0.128. The van der Waals surface area contributed by atoms with E-state index in [1.54, 1.807) is 6.07 Å². The Labute approximate surface area is 116 Å². The Balaban J connectivity index is 2.83. The van der Waals surface area contributed by atoms with Crippen molar-refractivity contribution in [1.82, 2.24) is 0 Å². The molecular formula is C14H24N2O2S. The quantitative estimate of drug-likeness (QED) is 0.873. The Morgan fingerprint density at radius 3 is 2.42 bits per heavy atom. The topological polar surface area (TPSA) is 72.2 Å². The van der Waals surface area contributed by atoms with Crippen molar-refractivity contribution in [1.29, 1.82) is 0 Å². The molecule has 0 amide bonds. The maximum atomic E-state index is 12.1. The lowest BCUT2D eigenvalue weighted by Gasteiger charge is -2.18. The molecule has 0 aliphatic carbocycles. The molecule has 0 bridgehead atoms. The fourth-order valence-electron chi connectivity index (χ4n) is 1.57. The van der Waals surface area contributed by atoms with Crippen LogP contribution in [0.3, 0.4) is 0 Å². The molecule has 4 nitrogen and oxygen atoms in total. The lowest BCUT2D eigenvalue weighted by Crippen LogP contribution is -2.21. The molecular weight excluding hydrogens is 260 g/mol. The van der Waals surface area contributed by atoms with Gasteiger partial charge in [-0.25, -0.2) is 8.42 Å². The molecule has 0 saturated heterocycles. The third kappa shape index (κ3) is 5.61. The second-order valence-electron chi connectivity index (χ2n) is 6.08. The van der Waals surface area contributed by atoms with Gasteiger partial charge in [-0.3, -0.25) is 4.72 Å². The zero-order valence-corrected chi connectivity index (χ0v) is 13.0. The van der Waals surface area contributed by atoms with Gasteiger partial charge in [-0.05, 0) is 36.0 Å². The second kappa shape index (κ2) is 5.92. The van der Waals surface area contributed by atoms with Gasteiger partial charge in [0.15, 0.2) is 0 Å². The van der Waals surface area contributed by atoms with Gasteiger partial charge in [-0.2, -0.15) is 0 Å². The van der Waals surface area contributed by atoms with E-state index in [0.717, 1.165) is 11.1 Å². The van der Waals surface area contributed by atoms with Crippen LogP contribution in [-0.2, 0) is 16.6 Å². The maximum absolute atomic E-state index is 12.1. The van der Waals surface area contributed by atoms with Gasteiger partial charge in [0.1, 0.15) is 0 Å². The molecule has 0 aliphatic heterocycles. The number of benzene rings is 1. The van der Waals surface area contributed by atoms with E-state index in [1.807, 2.05) is 39.8 Å². The molecule has 5 heteroatoms. The molecule has 0 aliphatic rings. The Morgan fingerprint density at radius 1 is 1.26 bits per heavy atom. The highest BCUT2D eigenvalue weighted by Crippen LogP contribution is 2.22. The van der Waals surface area contributed by atoms with E-state index < -0.39 is 10.0 Å². The maximum Gasteiger partial charge on any atom is 0.232 e. The number of hydrogen-bond donors (Lipinski definition) is 2. The van der Waals surface area contributed by atoms with Crippen LogP contribution in [0, 0.1) is 12.3 Å². The summed E-state index contributed by atoms with van der Waals surface area (Å²) in [5.41, 5.74) is 8.01. The van der Waals surface area contributed by atoms with Crippen molar-refractivity contribution in [2.75, 3.05) is 10.5 Å². The molecule has 19 heavy (non-hydrogen) atoms. The van der Waals surface area contributed by atoms with E-state index in [0.29, 0.717) is 18.7 Å². The molecule has 1 aromatic carbocycles. The molecule has 0 unspecified atom stereocenters. The van der Waals surface area contributed by atoms with Crippen molar-refractivity contribution in [2.24, 2.45) is 11.1 Å². The average molecular weight is 284 g/mol. The molecule has 1 rings (SSSR count). The molecule has 0 fully saturated rings. The van der Waals surface area contributed by atoms with Crippen molar-refractivity contribution in [2.45, 2.75) is 40.7 Å². The zero-order chi connectivity index (χ0) is 14.7. The molecule has 0 radical (unpaired) electrons. The minimum Gasteiger partial charge on any atom is -0.326 e. The molecule has 0 aromatic heterocycles. The van der Waals surface area contributed by atoms with Crippen LogP contribution in [0.2, 0.25) is 0 Å². The minimum atomic E-state index is -3.31. The molecule has 0 heterocycles. The number of sulfonamides is 1. The summed E-state index contributed by atoms with van der Waals surface area (Å²) in [4.78, 5) is 0. The minimum absolute atomic E-state index is 0.00288. The van der Waals surface area contributed by atoms with Gasteiger partial charge in [0.05, 0.1) is 11.4 Å². The Morgan fingerprint density at radius 2 is 1.89 bits per heavy atom. The lowest BCUT2D eigenvalue weighted by molar-refractivity contribution is 0.397. The summed E-state index contributed by atoms with van der Waals surface area (Å²) in [7, 11) is -3.31. The molecule has 3 N–H and O–H groups in total. The largest absolute Gasteiger partial charge is 0.326 e. The van der Waals surface area contributed by atoms with Crippen molar-refractivity contribution in [3.63, 3.8) is 0 Å². The van der Waals surface area contributed by atoms with Gasteiger partial charge in [-0.15, -0.1) is 0 Å². The third-order valence-electron chi connectivity index (χ3n) is 2.92. The van der Waals surface area contributed by atoms with Crippen LogP contribution < -0.4 is 10.5 Å². The van der Waals surface area contributed by atoms with Gasteiger partial charge in [-0.1, -0.05) is 32.9 Å². The Bertz CT molecular complexity index is 531. The normalized spacial score (nSPS) is 12.5. The number of hydrogen-bond acceptors (Lipinski definition) is 3. The van der Waals surface area contributed by atoms with Gasteiger partial charge >= 0.3 is 0 Å². The smallest absolute Gasteiger partial charge is 0.232 e. The fourth-order valence-corrected chi connectivity index (χ4v) is 3.10. The molecule has 108 valence electrons. The van der Waals surface area contributed by atoms with Crippen LogP contribution in [-0.4, -0.2) is 14.2 Å². The first-order chi connectivity index (χ1) is 8.63. The Kier molecular flexibility index (Phi) is 4.98. The molecule has 1 aromatic rings. The van der Waals surface area contributed by atoms with E-state index in [2.05, 4.69) is 4.72 Å². The van der Waals surface area contributed by atoms with E-state index >= 15 is 0 Å². The van der Waals surface area contributed by atoms with Gasteiger partial charge < -0.3 is 5.73 Å². The summed E-state index contributed by atoms with van der Waals surface area (Å²) in [6.45, 7) is 8.37. The predicted octanol–water partition coefficient (Wildman–Crippen LogP) is 2.63. The monoisotopic (exact) mass is 284 g/mol. The second-order valence-corrected chi connectivity index (χ2v) is 7.93. The summed E-state index contributed by atoms with van der Waals surface area (Å²) < 4.78 is 26.8. The third-order valence-corrected chi connectivity index (χ3v) is 4.20. The number of aryl methyl sites for hydroxylation is 1.